The Kier molecular flexibility index (Phi) is 10.5. The summed E-state index contributed by atoms with van der Waals surface area (Å²) >= 11 is 6.09. The molecule has 1 fully saturated rings. The number of pyridine rings is 1. The Balaban J connectivity index is 1.29. The number of para-hydroxylation sites is 1. The van der Waals surface area contributed by atoms with Crippen LogP contribution in [0.2, 0.25) is 5.02 Å². The van der Waals surface area contributed by atoms with Gasteiger partial charge < -0.3 is 20.1 Å². The van der Waals surface area contributed by atoms with E-state index < -0.39 is 10.0 Å². The second-order valence-electron chi connectivity index (χ2n) is 11.3. The average molecular weight is 629 g/mol. The van der Waals surface area contributed by atoms with Gasteiger partial charge in [-0.1, -0.05) is 29.8 Å². The Morgan fingerprint density at radius 2 is 1.74 bits per heavy atom. The van der Waals surface area contributed by atoms with E-state index in [1.165, 1.54) is 13.2 Å². The number of halogens is 1. The summed E-state index contributed by atoms with van der Waals surface area (Å²) in [6.07, 6.45) is 10.3. The van der Waals surface area contributed by atoms with Gasteiger partial charge in [0.1, 0.15) is 0 Å². The van der Waals surface area contributed by atoms with E-state index in [1.54, 1.807) is 54.9 Å². The number of hydrogen-bond donors (Lipinski definition) is 3. The Morgan fingerprint density at radius 1 is 1.05 bits per heavy atom. The number of carbonyl (C=O) groups excluding carboxylic acids is 1. The number of hydrogen-bond acceptors (Lipinski definition) is 9. The molecule has 3 aromatic rings. The van der Waals surface area contributed by atoms with Crippen LogP contribution in [0.4, 0.5) is 16.4 Å². The summed E-state index contributed by atoms with van der Waals surface area (Å²) in [5.74, 6) is 1.03. The summed E-state index contributed by atoms with van der Waals surface area (Å²) in [5, 5.41) is 6.28. The Bertz CT molecular complexity index is 1540. The Hall–Kier alpha value is -3.90. The molecule has 1 aliphatic carbocycles. The summed E-state index contributed by atoms with van der Waals surface area (Å²) in [6.45, 7) is 6.18. The number of alkyl carbamates (subject to hydrolysis) is 1. The molecule has 1 amide bonds. The highest BCUT2D eigenvalue weighted by Crippen LogP contribution is 2.27. The molecule has 0 bridgehead atoms. The zero-order chi connectivity index (χ0) is 31.0. The minimum Gasteiger partial charge on any atom is -0.481 e. The van der Waals surface area contributed by atoms with E-state index in [9.17, 15) is 13.2 Å². The van der Waals surface area contributed by atoms with E-state index >= 15 is 0 Å². The number of sulfonamides is 1. The van der Waals surface area contributed by atoms with Crippen LogP contribution in [-0.4, -0.2) is 54.8 Å². The van der Waals surface area contributed by atoms with Crippen LogP contribution in [0, 0.1) is 5.92 Å². The number of benzene rings is 1. The van der Waals surface area contributed by atoms with E-state index in [2.05, 4.69) is 30.3 Å². The number of ether oxygens (including phenoxy) is 2. The van der Waals surface area contributed by atoms with Gasteiger partial charge in [0.15, 0.2) is 5.03 Å². The molecule has 1 aliphatic rings. The second kappa shape index (κ2) is 14.0. The van der Waals surface area contributed by atoms with Crippen molar-refractivity contribution in [3.8, 4) is 5.88 Å². The number of rotatable bonds is 10. The lowest BCUT2D eigenvalue weighted by Gasteiger charge is -2.29. The maximum atomic E-state index is 12.9. The van der Waals surface area contributed by atoms with Gasteiger partial charge in [0.25, 0.3) is 10.0 Å². The molecule has 11 nitrogen and oxygen atoms in total. The minimum atomic E-state index is -3.98. The number of aromatic nitrogens is 3. The smallest absolute Gasteiger partial charge is 0.407 e. The Labute approximate surface area is 257 Å². The first-order valence-corrected chi connectivity index (χ1v) is 15.8. The summed E-state index contributed by atoms with van der Waals surface area (Å²) in [5.41, 5.74) is 1.27. The first-order chi connectivity index (χ1) is 20.4. The van der Waals surface area contributed by atoms with Crippen molar-refractivity contribution < 1.29 is 22.7 Å². The fourth-order valence-corrected chi connectivity index (χ4v) is 5.75. The summed E-state index contributed by atoms with van der Waals surface area (Å²) < 4.78 is 38.9. The fourth-order valence-electron chi connectivity index (χ4n) is 4.49. The molecule has 43 heavy (non-hydrogen) atoms. The average Bonchev–Trinajstić information content (AvgIpc) is 2.96. The van der Waals surface area contributed by atoms with E-state index in [0.717, 1.165) is 31.2 Å². The molecular formula is C30H37ClN6O5S. The third-order valence-corrected chi connectivity index (χ3v) is 8.28. The second-order valence-corrected chi connectivity index (χ2v) is 13.4. The van der Waals surface area contributed by atoms with Gasteiger partial charge >= 0.3 is 6.09 Å². The van der Waals surface area contributed by atoms with Crippen LogP contribution in [0.15, 0.2) is 53.8 Å². The van der Waals surface area contributed by atoms with Crippen molar-refractivity contribution in [3.05, 3.63) is 64.9 Å². The molecule has 1 saturated carbocycles. The van der Waals surface area contributed by atoms with Gasteiger partial charge in [-0.3, -0.25) is 4.72 Å². The zero-order valence-electron chi connectivity index (χ0n) is 24.6. The molecule has 0 radical (unpaired) electrons. The summed E-state index contributed by atoms with van der Waals surface area (Å²) in [6, 6.07) is 9.80. The molecule has 0 unspecified atom stereocenters. The van der Waals surface area contributed by atoms with E-state index in [0.29, 0.717) is 24.0 Å². The molecule has 2 aromatic heterocycles. The third kappa shape index (κ3) is 9.55. The fraction of sp³-hybridized carbons (Fsp3) is 0.400. The van der Waals surface area contributed by atoms with Crippen LogP contribution >= 0.6 is 11.6 Å². The third-order valence-electron chi connectivity index (χ3n) is 6.69. The molecule has 13 heteroatoms. The van der Waals surface area contributed by atoms with Gasteiger partial charge in [-0.15, -0.1) is 0 Å². The minimum absolute atomic E-state index is 0.147. The first-order valence-electron chi connectivity index (χ1n) is 14.0. The van der Waals surface area contributed by atoms with Gasteiger partial charge in [0.05, 0.1) is 24.4 Å². The van der Waals surface area contributed by atoms with Crippen LogP contribution in [-0.2, 0) is 14.8 Å². The van der Waals surface area contributed by atoms with Crippen LogP contribution in [0.25, 0.3) is 12.2 Å². The standard InChI is InChI=1S/C30H37ClN6O5S/c1-30(2,3)36-29(38)42-19-20-10-14-23(15-11-20)34-28-32-17-21(18-33-28)9-12-22-13-16-26(35-27(22)41-4)43(39,40)37-25-8-6-5-7-24(25)31/h5-9,12-13,16-18,20,23,37H,10-11,14-15,19H2,1-4H3,(H,36,38)(H,32,33,34)/b12-9+. The van der Waals surface area contributed by atoms with E-state index in [1.807, 2.05) is 20.8 Å². The topological polar surface area (TPSA) is 144 Å². The zero-order valence-corrected chi connectivity index (χ0v) is 26.2. The van der Waals surface area contributed by atoms with Gasteiger partial charge in [-0.25, -0.2) is 14.8 Å². The molecule has 3 N–H and O–H groups in total. The number of amides is 1. The lowest BCUT2D eigenvalue weighted by molar-refractivity contribution is 0.108. The molecule has 4 rings (SSSR count). The van der Waals surface area contributed by atoms with Crippen LogP contribution in [0.5, 0.6) is 5.88 Å². The largest absolute Gasteiger partial charge is 0.481 e. The SMILES string of the molecule is COc1nc(S(=O)(=O)Nc2ccccc2Cl)ccc1/C=C/c1cnc(NC2CCC(COC(=O)NC(C)(C)C)CC2)nc1. The van der Waals surface area contributed by atoms with Gasteiger partial charge in [0, 0.05) is 35.1 Å². The van der Waals surface area contributed by atoms with Crippen molar-refractivity contribution in [2.24, 2.45) is 5.92 Å². The van der Waals surface area contributed by atoms with Crippen LogP contribution in [0.1, 0.15) is 57.6 Å². The number of nitrogens with one attached hydrogen (secondary N) is 3. The maximum Gasteiger partial charge on any atom is 0.407 e. The molecule has 0 spiro atoms. The Morgan fingerprint density at radius 3 is 2.40 bits per heavy atom. The predicted molar refractivity (Wildman–Crippen MR) is 168 cm³/mol. The van der Waals surface area contributed by atoms with Gasteiger partial charge in [-0.2, -0.15) is 13.4 Å². The van der Waals surface area contributed by atoms with Crippen molar-refractivity contribution in [3.63, 3.8) is 0 Å². The number of nitrogens with zero attached hydrogens (tertiary/aromatic N) is 3. The molecule has 0 atom stereocenters. The molecule has 0 saturated heterocycles. The van der Waals surface area contributed by atoms with Crippen molar-refractivity contribution >= 4 is 51.5 Å². The van der Waals surface area contributed by atoms with E-state index in [4.69, 9.17) is 21.1 Å². The van der Waals surface area contributed by atoms with E-state index in [-0.39, 0.29) is 39.3 Å². The number of carbonyl (C=O) groups is 1. The highest BCUT2D eigenvalue weighted by molar-refractivity contribution is 7.92. The lowest BCUT2D eigenvalue weighted by atomic mass is 9.86. The first kappa shape index (κ1) is 32.0. The van der Waals surface area contributed by atoms with Crippen molar-refractivity contribution in [1.82, 2.24) is 20.3 Å². The quantitative estimate of drug-likeness (QED) is 0.246. The van der Waals surface area contributed by atoms with Crippen LogP contribution < -0.4 is 20.1 Å². The monoisotopic (exact) mass is 628 g/mol. The van der Waals surface area contributed by atoms with Gasteiger partial charge in [-0.05, 0) is 82.7 Å². The maximum absolute atomic E-state index is 12.9. The summed E-state index contributed by atoms with van der Waals surface area (Å²) in [7, 11) is -2.56. The molecule has 1 aromatic carbocycles. The number of methoxy groups -OCH3 is 1. The normalized spacial score (nSPS) is 17.3. The van der Waals surface area contributed by atoms with Crippen molar-refractivity contribution in [1.29, 1.82) is 0 Å². The van der Waals surface area contributed by atoms with Crippen LogP contribution in [0.3, 0.4) is 0 Å². The highest BCUT2D eigenvalue weighted by Gasteiger charge is 2.24. The van der Waals surface area contributed by atoms with Crippen molar-refractivity contribution in [2.75, 3.05) is 23.8 Å². The highest BCUT2D eigenvalue weighted by atomic mass is 35.5. The van der Waals surface area contributed by atoms with Gasteiger partial charge in [0.2, 0.25) is 11.8 Å². The predicted octanol–water partition coefficient (Wildman–Crippen LogP) is 6.00. The molecular weight excluding hydrogens is 592 g/mol. The van der Waals surface area contributed by atoms with Crippen molar-refractivity contribution in [2.45, 2.75) is 63.1 Å². The molecule has 230 valence electrons. The molecule has 0 aliphatic heterocycles. The number of anilines is 2. The molecule has 2 heterocycles. The summed E-state index contributed by atoms with van der Waals surface area (Å²) in [4.78, 5) is 25.0. The lowest BCUT2D eigenvalue weighted by Crippen LogP contribution is -2.41.